The Morgan fingerprint density at radius 3 is 2.20 bits per heavy atom. The zero-order valence-corrected chi connectivity index (χ0v) is 13.9. The van der Waals surface area contributed by atoms with Crippen molar-refractivity contribution in [1.82, 2.24) is 5.06 Å². The Labute approximate surface area is 146 Å². The third-order valence-electron chi connectivity index (χ3n) is 4.89. The Morgan fingerprint density at radius 1 is 1.08 bits per heavy atom. The molecule has 3 rings (SSSR count). The molecule has 25 heavy (non-hydrogen) atoms. The molecule has 6 nitrogen and oxygen atoms in total. The van der Waals surface area contributed by atoms with Gasteiger partial charge in [0, 0.05) is 23.3 Å². The zero-order chi connectivity index (χ0) is 17.8. The number of azide groups is 1. The van der Waals surface area contributed by atoms with Crippen LogP contribution in [0.2, 0.25) is 0 Å². The van der Waals surface area contributed by atoms with Gasteiger partial charge in [0.15, 0.2) is 0 Å². The lowest BCUT2D eigenvalue weighted by molar-refractivity contribution is -0.139. The number of hydrogen-bond acceptors (Lipinski definition) is 4. The van der Waals surface area contributed by atoms with Crippen molar-refractivity contribution >= 4 is 5.78 Å². The molecule has 0 spiro atoms. The summed E-state index contributed by atoms with van der Waals surface area (Å²) in [5, 5.41) is 15.7. The van der Waals surface area contributed by atoms with Gasteiger partial charge in [0.05, 0.1) is 6.04 Å². The average molecular weight is 336 g/mol. The number of carbonyl (C=O) groups excluding carboxylic acids is 1. The van der Waals surface area contributed by atoms with Crippen LogP contribution in [0.5, 0.6) is 0 Å². The summed E-state index contributed by atoms with van der Waals surface area (Å²) in [4.78, 5) is 15.9. The lowest BCUT2D eigenvalue weighted by Gasteiger charge is -2.28. The van der Waals surface area contributed by atoms with Gasteiger partial charge in [0.1, 0.15) is 11.8 Å². The molecule has 1 saturated heterocycles. The number of nitrogens with zero attached hydrogens (tertiary/aromatic N) is 4. The zero-order valence-electron chi connectivity index (χ0n) is 13.9. The van der Waals surface area contributed by atoms with Gasteiger partial charge in [0.25, 0.3) is 0 Å². The molecular formula is C19H20N4O2. The molecule has 1 heterocycles. The van der Waals surface area contributed by atoms with Crippen LogP contribution in [-0.4, -0.2) is 28.6 Å². The van der Waals surface area contributed by atoms with E-state index in [0.717, 1.165) is 16.2 Å². The second-order valence-electron chi connectivity index (χ2n) is 6.34. The third kappa shape index (κ3) is 3.42. The molecule has 0 bridgehead atoms. The van der Waals surface area contributed by atoms with Crippen molar-refractivity contribution in [2.24, 2.45) is 11.0 Å². The lowest BCUT2D eigenvalue weighted by atomic mass is 9.83. The van der Waals surface area contributed by atoms with Gasteiger partial charge in [-0.15, -0.1) is 0 Å². The first-order chi connectivity index (χ1) is 12.1. The minimum atomic E-state index is -0.971. The van der Waals surface area contributed by atoms with Crippen molar-refractivity contribution in [1.29, 1.82) is 0 Å². The van der Waals surface area contributed by atoms with Crippen LogP contribution in [0.1, 0.15) is 30.0 Å². The molecule has 1 fully saturated rings. The first-order valence-corrected chi connectivity index (χ1v) is 8.27. The standard InChI is InChI=1S/C19H20N4O2/c1-13-16(14-8-4-2-5-9-14)12-23(25)18(15-10-6-3-7-11-15)17(19(13)24)21-22-20/h2-11,13,16-18,25H,12H2,1H3/t13?,16-,17+,18-/m1/s1. The second kappa shape index (κ2) is 7.49. The fourth-order valence-corrected chi connectivity index (χ4v) is 3.53. The first kappa shape index (κ1) is 17.2. The Bertz CT molecular complexity index is 775. The van der Waals surface area contributed by atoms with Crippen molar-refractivity contribution in [2.75, 3.05) is 6.54 Å². The van der Waals surface area contributed by atoms with E-state index in [1.165, 1.54) is 0 Å². The first-order valence-electron chi connectivity index (χ1n) is 8.27. The van der Waals surface area contributed by atoms with Crippen LogP contribution in [-0.2, 0) is 4.79 Å². The van der Waals surface area contributed by atoms with E-state index in [1.54, 1.807) is 0 Å². The average Bonchev–Trinajstić information content (AvgIpc) is 2.74. The molecule has 1 unspecified atom stereocenters. The lowest BCUT2D eigenvalue weighted by Crippen LogP contribution is -2.36. The number of rotatable bonds is 3. The molecule has 1 aliphatic heterocycles. The highest BCUT2D eigenvalue weighted by Gasteiger charge is 2.42. The number of hydrogen-bond donors (Lipinski definition) is 1. The Morgan fingerprint density at radius 2 is 1.64 bits per heavy atom. The van der Waals surface area contributed by atoms with Crippen LogP contribution in [0.4, 0.5) is 0 Å². The van der Waals surface area contributed by atoms with E-state index in [0.29, 0.717) is 0 Å². The monoisotopic (exact) mass is 336 g/mol. The largest absolute Gasteiger partial charge is 0.313 e. The SMILES string of the molecule is CC1C(=O)[C@@H](N=[N+]=[N-])[C@@H](c2ccccc2)N(O)C[C@H]1c1ccccc1. The molecule has 0 aliphatic carbocycles. The number of benzene rings is 2. The summed E-state index contributed by atoms with van der Waals surface area (Å²) in [5.74, 6) is -0.706. The highest BCUT2D eigenvalue weighted by Crippen LogP contribution is 2.38. The third-order valence-corrected chi connectivity index (χ3v) is 4.89. The maximum absolute atomic E-state index is 13.0. The van der Waals surface area contributed by atoms with Gasteiger partial charge in [-0.3, -0.25) is 4.79 Å². The summed E-state index contributed by atoms with van der Waals surface area (Å²) in [6, 6.07) is 17.2. The molecule has 128 valence electrons. The van der Waals surface area contributed by atoms with Gasteiger partial charge < -0.3 is 5.21 Å². The van der Waals surface area contributed by atoms with Crippen LogP contribution in [0.25, 0.3) is 10.4 Å². The van der Waals surface area contributed by atoms with Crippen LogP contribution < -0.4 is 0 Å². The van der Waals surface area contributed by atoms with Crippen molar-refractivity contribution in [2.45, 2.75) is 24.9 Å². The van der Waals surface area contributed by atoms with Crippen molar-refractivity contribution < 1.29 is 10.0 Å². The summed E-state index contributed by atoms with van der Waals surface area (Å²) < 4.78 is 0. The minimum absolute atomic E-state index is 0.156. The van der Waals surface area contributed by atoms with E-state index < -0.39 is 12.1 Å². The number of carbonyl (C=O) groups is 1. The van der Waals surface area contributed by atoms with E-state index in [1.807, 2.05) is 67.6 Å². The molecule has 6 heteroatoms. The molecule has 0 amide bonds. The molecule has 2 aromatic rings. The van der Waals surface area contributed by atoms with E-state index >= 15 is 0 Å². The van der Waals surface area contributed by atoms with Crippen molar-refractivity contribution in [3.05, 3.63) is 82.2 Å². The van der Waals surface area contributed by atoms with Crippen LogP contribution in [0, 0.1) is 5.92 Å². The highest BCUT2D eigenvalue weighted by molar-refractivity contribution is 5.88. The van der Waals surface area contributed by atoms with Gasteiger partial charge in [-0.05, 0) is 16.7 Å². The smallest absolute Gasteiger partial charge is 0.147 e. The Balaban J connectivity index is 2.06. The number of ketones is 1. The fraction of sp³-hybridized carbons (Fsp3) is 0.316. The normalized spacial score (nSPS) is 27.4. The van der Waals surface area contributed by atoms with E-state index in [2.05, 4.69) is 10.0 Å². The minimum Gasteiger partial charge on any atom is -0.313 e. The molecule has 0 saturated carbocycles. The highest BCUT2D eigenvalue weighted by atomic mass is 16.5. The van der Waals surface area contributed by atoms with E-state index in [-0.39, 0.29) is 24.2 Å². The van der Waals surface area contributed by atoms with Crippen LogP contribution >= 0.6 is 0 Å². The summed E-state index contributed by atoms with van der Waals surface area (Å²) in [7, 11) is 0. The summed E-state index contributed by atoms with van der Waals surface area (Å²) in [6.45, 7) is 2.12. The van der Waals surface area contributed by atoms with Gasteiger partial charge in [-0.1, -0.05) is 72.7 Å². The number of hydroxylamine groups is 2. The maximum Gasteiger partial charge on any atom is 0.147 e. The molecule has 0 aromatic heterocycles. The molecule has 1 N–H and O–H groups in total. The van der Waals surface area contributed by atoms with Crippen LogP contribution in [0.15, 0.2) is 65.8 Å². The quantitative estimate of drug-likeness (QED) is 0.520. The Hall–Kier alpha value is -2.66. The molecule has 2 aromatic carbocycles. The summed E-state index contributed by atoms with van der Waals surface area (Å²) in [5.41, 5.74) is 10.7. The molecule has 1 aliphatic rings. The number of Topliss-reactive ketones (excluding diaryl/α,β-unsaturated/α-hetero) is 1. The fourth-order valence-electron chi connectivity index (χ4n) is 3.53. The van der Waals surface area contributed by atoms with E-state index in [9.17, 15) is 10.0 Å². The molecular weight excluding hydrogens is 316 g/mol. The van der Waals surface area contributed by atoms with Gasteiger partial charge in [-0.2, -0.15) is 5.06 Å². The van der Waals surface area contributed by atoms with Crippen LogP contribution in [0.3, 0.4) is 0 Å². The molecule has 0 radical (unpaired) electrons. The van der Waals surface area contributed by atoms with Crippen molar-refractivity contribution in [3.8, 4) is 0 Å². The summed E-state index contributed by atoms with van der Waals surface area (Å²) >= 11 is 0. The van der Waals surface area contributed by atoms with Gasteiger partial charge >= 0.3 is 0 Å². The second-order valence-corrected chi connectivity index (χ2v) is 6.34. The maximum atomic E-state index is 13.0. The topological polar surface area (TPSA) is 89.3 Å². The molecule has 4 atom stereocenters. The van der Waals surface area contributed by atoms with Gasteiger partial charge in [0.2, 0.25) is 0 Å². The predicted molar refractivity (Wildman–Crippen MR) is 94.0 cm³/mol. The van der Waals surface area contributed by atoms with E-state index in [4.69, 9.17) is 5.53 Å². The summed E-state index contributed by atoms with van der Waals surface area (Å²) in [6.07, 6.45) is 0. The predicted octanol–water partition coefficient (Wildman–Crippen LogP) is 4.10. The Kier molecular flexibility index (Phi) is 5.14. The van der Waals surface area contributed by atoms with Gasteiger partial charge in [-0.25, -0.2) is 0 Å². The van der Waals surface area contributed by atoms with Crippen molar-refractivity contribution in [3.63, 3.8) is 0 Å².